The zero-order valence-electron chi connectivity index (χ0n) is 16.1. The Morgan fingerprint density at radius 3 is 2.42 bits per heavy atom. The summed E-state index contributed by atoms with van der Waals surface area (Å²) in [4.78, 5) is 12.4. The van der Waals surface area contributed by atoms with Gasteiger partial charge in [-0.25, -0.2) is 0 Å². The van der Waals surface area contributed by atoms with E-state index >= 15 is 0 Å². The summed E-state index contributed by atoms with van der Waals surface area (Å²) in [6, 6.07) is 0. The molecule has 0 spiro atoms. The van der Waals surface area contributed by atoms with E-state index in [1.807, 2.05) is 0 Å². The maximum absolute atomic E-state index is 12.4. The summed E-state index contributed by atoms with van der Waals surface area (Å²) in [6.07, 6.45) is 9.46. The maximum atomic E-state index is 12.4. The number of fused-ring (bicyclic) bond motifs is 5. The van der Waals surface area contributed by atoms with Gasteiger partial charge in [0.1, 0.15) is 0 Å². The van der Waals surface area contributed by atoms with Crippen molar-refractivity contribution in [2.24, 2.45) is 33.5 Å². The third-order valence-corrected chi connectivity index (χ3v) is 9.59. The molecule has 134 valence electrons. The molecule has 2 nitrogen and oxygen atoms in total. The Hall–Kier alpha value is -0.630. The predicted molar refractivity (Wildman–Crippen MR) is 96.5 cm³/mol. The summed E-state index contributed by atoms with van der Waals surface area (Å²) in [6.45, 7) is 11.9. The molecule has 4 rings (SSSR count). The highest BCUT2D eigenvalue weighted by Gasteiger charge is 2.66. The molecular weight excluding hydrogens is 296 g/mol. The highest BCUT2D eigenvalue weighted by molar-refractivity contribution is 5.99. The zero-order chi connectivity index (χ0) is 17.5. The molecule has 0 radical (unpaired) electrons. The van der Waals surface area contributed by atoms with Crippen molar-refractivity contribution in [1.82, 2.24) is 0 Å². The average Bonchev–Trinajstić information content (AvgIpc) is 2.81. The molecule has 4 aliphatic rings. The first-order chi connectivity index (χ1) is 11.1. The summed E-state index contributed by atoms with van der Waals surface area (Å²) in [5.41, 5.74) is 1.74. The minimum absolute atomic E-state index is 0.00468. The molecule has 1 N–H and O–H groups in total. The first-order valence-electron chi connectivity index (χ1n) is 9.99. The number of aliphatic hydroxyl groups excluding tert-OH is 1. The van der Waals surface area contributed by atoms with Crippen molar-refractivity contribution < 1.29 is 9.90 Å². The van der Waals surface area contributed by atoms with Gasteiger partial charge in [-0.15, -0.1) is 0 Å². The Labute approximate surface area is 147 Å². The molecule has 6 atom stereocenters. The summed E-state index contributed by atoms with van der Waals surface area (Å²) in [5.74, 6) is 1.63. The first-order valence-corrected chi connectivity index (χ1v) is 9.99. The number of rotatable bonds is 0. The molecule has 0 aromatic carbocycles. The second kappa shape index (κ2) is 4.75. The van der Waals surface area contributed by atoms with Crippen LogP contribution in [0.2, 0.25) is 0 Å². The van der Waals surface area contributed by atoms with Crippen molar-refractivity contribution in [1.29, 1.82) is 0 Å². The Morgan fingerprint density at radius 2 is 1.71 bits per heavy atom. The number of hydrogen-bond donors (Lipinski definition) is 1. The molecule has 0 aromatic rings. The quantitative estimate of drug-likeness (QED) is 0.685. The molecule has 0 saturated heterocycles. The van der Waals surface area contributed by atoms with Gasteiger partial charge in [-0.2, -0.15) is 0 Å². The normalized spacial score (nSPS) is 53.0. The minimum Gasteiger partial charge on any atom is -0.393 e. The lowest BCUT2D eigenvalue weighted by molar-refractivity contribution is -0.192. The standard InChI is InChI=1S/C22H34O2/c1-19(2)16-9-13-22(5)17(20(16,3)11-10-18(19)24)7-6-14-15(23)8-12-21(14,22)4/h6,16-18,24H,7-13H2,1-5H3. The van der Waals surface area contributed by atoms with Crippen LogP contribution in [0.3, 0.4) is 0 Å². The molecule has 2 heteroatoms. The molecule has 0 heterocycles. The van der Waals surface area contributed by atoms with Crippen LogP contribution in [0.15, 0.2) is 11.6 Å². The van der Waals surface area contributed by atoms with Gasteiger partial charge in [0.15, 0.2) is 5.78 Å². The van der Waals surface area contributed by atoms with Crippen LogP contribution in [0.25, 0.3) is 0 Å². The molecule has 3 saturated carbocycles. The van der Waals surface area contributed by atoms with Crippen LogP contribution in [0.5, 0.6) is 0 Å². The number of ketones is 1. The summed E-state index contributed by atoms with van der Waals surface area (Å²) in [5, 5.41) is 10.6. The van der Waals surface area contributed by atoms with Crippen LogP contribution in [0.1, 0.15) is 79.6 Å². The van der Waals surface area contributed by atoms with E-state index in [0.717, 1.165) is 37.7 Å². The summed E-state index contributed by atoms with van der Waals surface area (Å²) >= 11 is 0. The first kappa shape index (κ1) is 16.8. The molecule has 24 heavy (non-hydrogen) atoms. The second-order valence-electron chi connectivity index (χ2n) is 10.6. The van der Waals surface area contributed by atoms with Crippen molar-refractivity contribution in [2.45, 2.75) is 85.7 Å². The van der Waals surface area contributed by atoms with Gasteiger partial charge < -0.3 is 5.11 Å². The Kier molecular flexibility index (Phi) is 3.33. The SMILES string of the molecule is CC1(C)C(O)CCC2(C)C1CCC1(C)C2CC=C2C(=O)CCC21C. The number of aliphatic hydroxyl groups is 1. The smallest absolute Gasteiger partial charge is 0.159 e. The summed E-state index contributed by atoms with van der Waals surface area (Å²) < 4.78 is 0. The zero-order valence-corrected chi connectivity index (χ0v) is 16.1. The average molecular weight is 331 g/mol. The van der Waals surface area contributed by atoms with Gasteiger partial charge in [-0.1, -0.05) is 40.7 Å². The van der Waals surface area contributed by atoms with E-state index in [-0.39, 0.29) is 27.8 Å². The Morgan fingerprint density at radius 1 is 1.00 bits per heavy atom. The largest absolute Gasteiger partial charge is 0.393 e. The van der Waals surface area contributed by atoms with Crippen LogP contribution < -0.4 is 0 Å². The van der Waals surface area contributed by atoms with E-state index in [1.165, 1.54) is 12.8 Å². The number of carbonyl (C=O) groups is 1. The van der Waals surface area contributed by atoms with E-state index in [2.05, 4.69) is 40.7 Å². The summed E-state index contributed by atoms with van der Waals surface area (Å²) in [7, 11) is 0. The van der Waals surface area contributed by atoms with Crippen molar-refractivity contribution in [2.75, 3.05) is 0 Å². The number of hydrogen-bond acceptors (Lipinski definition) is 2. The third-order valence-electron chi connectivity index (χ3n) is 9.59. The molecule has 0 aromatic heterocycles. The van der Waals surface area contributed by atoms with E-state index in [9.17, 15) is 9.90 Å². The lowest BCUT2D eigenvalue weighted by atomic mass is 9.37. The van der Waals surface area contributed by atoms with E-state index in [1.54, 1.807) is 0 Å². The van der Waals surface area contributed by atoms with Crippen molar-refractivity contribution in [3.8, 4) is 0 Å². The van der Waals surface area contributed by atoms with Gasteiger partial charge in [0, 0.05) is 11.8 Å². The lowest BCUT2D eigenvalue weighted by Gasteiger charge is -2.67. The molecule has 6 unspecified atom stereocenters. The second-order valence-corrected chi connectivity index (χ2v) is 10.6. The fourth-order valence-corrected chi connectivity index (χ4v) is 7.84. The highest BCUT2D eigenvalue weighted by atomic mass is 16.3. The van der Waals surface area contributed by atoms with Gasteiger partial charge in [0.25, 0.3) is 0 Å². The number of carbonyl (C=O) groups excluding carboxylic acids is 1. The molecule has 0 aliphatic heterocycles. The fraction of sp³-hybridized carbons (Fsp3) is 0.864. The van der Waals surface area contributed by atoms with E-state index < -0.39 is 0 Å². The van der Waals surface area contributed by atoms with Crippen LogP contribution >= 0.6 is 0 Å². The van der Waals surface area contributed by atoms with Crippen LogP contribution in [-0.4, -0.2) is 17.0 Å². The molecular formula is C22H34O2. The Balaban J connectivity index is 1.81. The minimum atomic E-state index is -0.168. The highest BCUT2D eigenvalue weighted by Crippen LogP contribution is 2.72. The molecule has 0 bridgehead atoms. The number of Topliss-reactive ketones (excluding diaryl/α,β-unsaturated/α-hetero) is 1. The van der Waals surface area contributed by atoms with Crippen molar-refractivity contribution >= 4 is 5.78 Å². The van der Waals surface area contributed by atoms with Gasteiger partial charge in [-0.05, 0) is 72.2 Å². The van der Waals surface area contributed by atoms with Gasteiger partial charge in [0.2, 0.25) is 0 Å². The van der Waals surface area contributed by atoms with Gasteiger partial charge in [-0.3, -0.25) is 4.79 Å². The van der Waals surface area contributed by atoms with E-state index in [4.69, 9.17) is 0 Å². The van der Waals surface area contributed by atoms with Crippen LogP contribution in [0.4, 0.5) is 0 Å². The number of allylic oxidation sites excluding steroid dienone is 2. The Bertz CT molecular complexity index is 617. The van der Waals surface area contributed by atoms with Gasteiger partial charge >= 0.3 is 0 Å². The van der Waals surface area contributed by atoms with Crippen LogP contribution in [-0.2, 0) is 4.79 Å². The predicted octanol–water partition coefficient (Wildman–Crippen LogP) is 4.91. The van der Waals surface area contributed by atoms with Crippen molar-refractivity contribution in [3.05, 3.63) is 11.6 Å². The topological polar surface area (TPSA) is 37.3 Å². The maximum Gasteiger partial charge on any atom is 0.159 e. The van der Waals surface area contributed by atoms with Gasteiger partial charge in [0.05, 0.1) is 6.10 Å². The molecule has 3 fully saturated rings. The van der Waals surface area contributed by atoms with Crippen LogP contribution in [0, 0.1) is 33.5 Å². The molecule has 4 aliphatic carbocycles. The van der Waals surface area contributed by atoms with Crippen molar-refractivity contribution in [3.63, 3.8) is 0 Å². The lowest BCUT2D eigenvalue weighted by Crippen LogP contribution is -2.62. The fourth-order valence-electron chi connectivity index (χ4n) is 7.84. The third kappa shape index (κ3) is 1.74. The monoisotopic (exact) mass is 330 g/mol. The molecule has 0 amide bonds. The van der Waals surface area contributed by atoms with E-state index in [0.29, 0.717) is 17.6 Å².